The number of aliphatic hydroxyl groups excluding tert-OH is 2. The fourth-order valence-electron chi connectivity index (χ4n) is 3.06. The highest BCUT2D eigenvalue weighted by Crippen LogP contribution is 2.15. The predicted octanol–water partition coefficient (Wildman–Crippen LogP) is 5.22. The molecule has 1 atom stereocenters. The third-order valence-electron chi connectivity index (χ3n) is 4.81. The summed E-state index contributed by atoms with van der Waals surface area (Å²) in [5.41, 5.74) is -0.0924. The molecular weight excluding hydrogens is 316 g/mol. The van der Waals surface area contributed by atoms with Gasteiger partial charge in [0.05, 0.1) is 11.7 Å². The van der Waals surface area contributed by atoms with Gasteiger partial charge < -0.3 is 15.3 Å². The second kappa shape index (κ2) is 17.9. The lowest BCUT2D eigenvalue weighted by Crippen LogP contribution is -2.16. The second-order valence-electron chi connectivity index (χ2n) is 7.16. The summed E-state index contributed by atoms with van der Waals surface area (Å²) in [7, 11) is 0. The molecule has 0 rings (SSSR count). The smallest absolute Gasteiger partial charge is 0.333 e. The molecule has 0 aliphatic rings. The van der Waals surface area contributed by atoms with Crippen LogP contribution in [0.3, 0.4) is 0 Å². The van der Waals surface area contributed by atoms with E-state index in [0.29, 0.717) is 13.0 Å². The van der Waals surface area contributed by atoms with Crippen LogP contribution in [0.2, 0.25) is 0 Å². The zero-order valence-electron chi connectivity index (χ0n) is 16.1. The third-order valence-corrected chi connectivity index (χ3v) is 4.81. The maximum Gasteiger partial charge on any atom is 0.333 e. The number of carbonyl (C=O) groups is 1. The Hall–Kier alpha value is -0.870. The molecule has 0 heterocycles. The quantitative estimate of drug-likeness (QED) is 0.219. The van der Waals surface area contributed by atoms with E-state index in [2.05, 4.69) is 6.58 Å². The summed E-state index contributed by atoms with van der Waals surface area (Å²) in [6.07, 6.45) is 18.0. The van der Waals surface area contributed by atoms with Gasteiger partial charge in [-0.05, 0) is 12.8 Å². The van der Waals surface area contributed by atoms with E-state index in [0.717, 1.165) is 19.3 Å². The molecule has 25 heavy (non-hydrogen) atoms. The number of carboxylic acid groups (broad SMARTS) is 1. The standard InChI is InChI=1S/C21H40O4/c1-19(21(24)25)20(23)17-15-13-11-9-7-5-3-2-4-6-8-10-12-14-16-18-22/h20,22-23H,1-18H2,(H,24,25). The van der Waals surface area contributed by atoms with Crippen molar-refractivity contribution >= 4 is 5.97 Å². The molecule has 0 amide bonds. The first-order valence-corrected chi connectivity index (χ1v) is 10.3. The SMILES string of the molecule is C=C(C(=O)O)C(O)CCCCCCCCCCCCCCCCCO. The van der Waals surface area contributed by atoms with Crippen molar-refractivity contribution in [1.82, 2.24) is 0 Å². The van der Waals surface area contributed by atoms with Gasteiger partial charge in [-0.1, -0.05) is 96.5 Å². The molecule has 0 radical (unpaired) electrons. The molecule has 0 bridgehead atoms. The van der Waals surface area contributed by atoms with Crippen molar-refractivity contribution in [2.45, 2.75) is 109 Å². The van der Waals surface area contributed by atoms with E-state index < -0.39 is 12.1 Å². The van der Waals surface area contributed by atoms with Crippen molar-refractivity contribution in [3.63, 3.8) is 0 Å². The lowest BCUT2D eigenvalue weighted by atomic mass is 10.0. The van der Waals surface area contributed by atoms with Gasteiger partial charge in [0.2, 0.25) is 0 Å². The van der Waals surface area contributed by atoms with Crippen molar-refractivity contribution < 1.29 is 20.1 Å². The van der Waals surface area contributed by atoms with Crippen LogP contribution >= 0.6 is 0 Å². The molecule has 0 aromatic heterocycles. The predicted molar refractivity (Wildman–Crippen MR) is 104 cm³/mol. The van der Waals surface area contributed by atoms with Gasteiger partial charge >= 0.3 is 5.97 Å². The molecule has 4 heteroatoms. The summed E-state index contributed by atoms with van der Waals surface area (Å²) in [6, 6.07) is 0. The summed E-state index contributed by atoms with van der Waals surface area (Å²) < 4.78 is 0. The molecule has 148 valence electrons. The first kappa shape index (κ1) is 24.1. The fourth-order valence-corrected chi connectivity index (χ4v) is 3.06. The molecular formula is C21H40O4. The first-order chi connectivity index (χ1) is 12.1. The Bertz CT molecular complexity index is 328. The normalized spacial score (nSPS) is 12.2. The molecule has 0 saturated carbocycles. The maximum absolute atomic E-state index is 10.6. The second-order valence-corrected chi connectivity index (χ2v) is 7.16. The van der Waals surface area contributed by atoms with Crippen LogP contribution in [0.25, 0.3) is 0 Å². The average molecular weight is 357 g/mol. The zero-order valence-corrected chi connectivity index (χ0v) is 16.1. The van der Waals surface area contributed by atoms with Crippen LogP contribution < -0.4 is 0 Å². The Morgan fingerprint density at radius 2 is 1.00 bits per heavy atom. The van der Waals surface area contributed by atoms with Crippen molar-refractivity contribution in [3.05, 3.63) is 12.2 Å². The number of aliphatic hydroxyl groups is 2. The van der Waals surface area contributed by atoms with Gasteiger partial charge in [-0.25, -0.2) is 4.79 Å². The Morgan fingerprint density at radius 3 is 1.32 bits per heavy atom. The molecule has 0 saturated heterocycles. The van der Waals surface area contributed by atoms with Gasteiger partial charge in [0, 0.05) is 6.61 Å². The summed E-state index contributed by atoms with van der Waals surface area (Å²) in [4.78, 5) is 10.6. The van der Waals surface area contributed by atoms with Crippen LogP contribution in [0.5, 0.6) is 0 Å². The van der Waals surface area contributed by atoms with Gasteiger partial charge in [0.15, 0.2) is 0 Å². The van der Waals surface area contributed by atoms with E-state index in [4.69, 9.17) is 10.2 Å². The molecule has 4 nitrogen and oxygen atoms in total. The minimum atomic E-state index is -1.10. The minimum absolute atomic E-state index is 0.0924. The summed E-state index contributed by atoms with van der Waals surface area (Å²) in [6.45, 7) is 3.72. The average Bonchev–Trinajstić information content (AvgIpc) is 2.60. The Morgan fingerprint density at radius 1 is 0.680 bits per heavy atom. The van der Waals surface area contributed by atoms with Gasteiger partial charge in [-0.3, -0.25) is 0 Å². The lowest BCUT2D eigenvalue weighted by Gasteiger charge is -2.09. The van der Waals surface area contributed by atoms with Crippen LogP contribution in [0.4, 0.5) is 0 Å². The summed E-state index contributed by atoms with van der Waals surface area (Å²) in [5.74, 6) is -1.10. The number of hydrogen-bond donors (Lipinski definition) is 3. The Balaban J connectivity index is 3.17. The highest BCUT2D eigenvalue weighted by molar-refractivity contribution is 5.86. The monoisotopic (exact) mass is 356 g/mol. The van der Waals surface area contributed by atoms with Crippen molar-refractivity contribution in [3.8, 4) is 0 Å². The molecule has 3 N–H and O–H groups in total. The largest absolute Gasteiger partial charge is 0.478 e. The van der Waals surface area contributed by atoms with Crippen LogP contribution in [-0.2, 0) is 4.79 Å². The number of aliphatic carboxylic acids is 1. The van der Waals surface area contributed by atoms with Crippen LogP contribution in [-0.4, -0.2) is 34.0 Å². The topological polar surface area (TPSA) is 77.8 Å². The van der Waals surface area contributed by atoms with Gasteiger partial charge in [0.25, 0.3) is 0 Å². The van der Waals surface area contributed by atoms with Gasteiger partial charge in [-0.2, -0.15) is 0 Å². The highest BCUT2D eigenvalue weighted by atomic mass is 16.4. The third kappa shape index (κ3) is 16.4. The number of hydrogen-bond acceptors (Lipinski definition) is 3. The number of unbranched alkanes of at least 4 members (excludes halogenated alkanes) is 14. The summed E-state index contributed by atoms with van der Waals surface area (Å²) in [5, 5.41) is 27.0. The zero-order chi connectivity index (χ0) is 18.8. The lowest BCUT2D eigenvalue weighted by molar-refractivity contribution is -0.133. The molecule has 1 unspecified atom stereocenters. The maximum atomic E-state index is 10.6. The van der Waals surface area contributed by atoms with E-state index in [1.807, 2.05) is 0 Å². The van der Waals surface area contributed by atoms with E-state index in [9.17, 15) is 9.90 Å². The number of rotatable bonds is 19. The van der Waals surface area contributed by atoms with Crippen molar-refractivity contribution in [2.24, 2.45) is 0 Å². The minimum Gasteiger partial charge on any atom is -0.478 e. The Kier molecular flexibility index (Phi) is 17.3. The molecule has 0 aliphatic heterocycles. The van der Waals surface area contributed by atoms with Gasteiger partial charge in [0.1, 0.15) is 0 Å². The van der Waals surface area contributed by atoms with E-state index in [1.54, 1.807) is 0 Å². The molecule has 0 aliphatic carbocycles. The highest BCUT2D eigenvalue weighted by Gasteiger charge is 2.14. The van der Waals surface area contributed by atoms with Crippen LogP contribution in [0, 0.1) is 0 Å². The van der Waals surface area contributed by atoms with Crippen molar-refractivity contribution in [1.29, 1.82) is 0 Å². The van der Waals surface area contributed by atoms with E-state index in [1.165, 1.54) is 77.0 Å². The summed E-state index contributed by atoms with van der Waals surface area (Å²) >= 11 is 0. The van der Waals surface area contributed by atoms with Gasteiger partial charge in [-0.15, -0.1) is 0 Å². The van der Waals surface area contributed by atoms with Crippen LogP contribution in [0.1, 0.15) is 103 Å². The molecule has 0 aromatic carbocycles. The molecule has 0 spiro atoms. The van der Waals surface area contributed by atoms with Crippen LogP contribution in [0.15, 0.2) is 12.2 Å². The Labute approximate surface area is 154 Å². The molecule has 0 fully saturated rings. The van der Waals surface area contributed by atoms with E-state index in [-0.39, 0.29) is 5.57 Å². The number of carboxylic acids is 1. The first-order valence-electron chi connectivity index (χ1n) is 10.3. The van der Waals surface area contributed by atoms with E-state index >= 15 is 0 Å². The van der Waals surface area contributed by atoms with Crippen molar-refractivity contribution in [2.75, 3.05) is 6.61 Å². The molecule has 0 aromatic rings. The fraction of sp³-hybridized carbons (Fsp3) is 0.857.